The van der Waals surface area contributed by atoms with E-state index in [1.165, 1.54) is 0 Å². The summed E-state index contributed by atoms with van der Waals surface area (Å²) in [4.78, 5) is 25.8. The van der Waals surface area contributed by atoms with Crippen molar-refractivity contribution in [1.29, 1.82) is 0 Å². The highest BCUT2D eigenvalue weighted by atomic mass is 32.2. The summed E-state index contributed by atoms with van der Waals surface area (Å²) in [7, 11) is -3.26. The van der Waals surface area contributed by atoms with Crippen molar-refractivity contribution in [1.82, 2.24) is 9.62 Å². The first-order chi connectivity index (χ1) is 12.2. The lowest BCUT2D eigenvalue weighted by atomic mass is 9.81. The van der Waals surface area contributed by atoms with Gasteiger partial charge in [-0.3, -0.25) is 4.79 Å². The van der Waals surface area contributed by atoms with Gasteiger partial charge >= 0.3 is 12.0 Å². The molecule has 1 aromatic rings. The van der Waals surface area contributed by atoms with Gasteiger partial charge in [0.2, 0.25) is 10.0 Å². The van der Waals surface area contributed by atoms with E-state index in [-0.39, 0.29) is 25.0 Å². The molecule has 2 amide bonds. The lowest BCUT2D eigenvalue weighted by molar-refractivity contribution is -0.149. The van der Waals surface area contributed by atoms with Crippen molar-refractivity contribution in [3.8, 4) is 0 Å². The Morgan fingerprint density at radius 3 is 2.58 bits per heavy atom. The topological polar surface area (TPSA) is 116 Å². The van der Waals surface area contributed by atoms with Crippen molar-refractivity contribution >= 4 is 27.7 Å². The van der Waals surface area contributed by atoms with Crippen LogP contribution in [-0.2, 0) is 21.4 Å². The van der Waals surface area contributed by atoms with Crippen LogP contribution in [-0.4, -0.2) is 49.8 Å². The monoisotopic (exact) mass is 381 g/mol. The van der Waals surface area contributed by atoms with E-state index in [9.17, 15) is 23.1 Å². The minimum Gasteiger partial charge on any atom is -0.481 e. The maximum absolute atomic E-state index is 12.5. The van der Waals surface area contributed by atoms with Gasteiger partial charge < -0.3 is 15.3 Å². The maximum atomic E-state index is 12.5. The lowest BCUT2D eigenvalue weighted by Crippen LogP contribution is -2.38. The highest BCUT2D eigenvalue weighted by molar-refractivity contribution is 7.88. The number of carbonyl (C=O) groups is 2. The number of carboxylic acids is 1. The Morgan fingerprint density at radius 2 is 2.00 bits per heavy atom. The molecule has 1 heterocycles. The molecule has 26 heavy (non-hydrogen) atoms. The van der Waals surface area contributed by atoms with E-state index < -0.39 is 21.4 Å². The number of nitrogens with one attached hydrogen (secondary N) is 2. The molecule has 2 aliphatic rings. The van der Waals surface area contributed by atoms with Crippen molar-refractivity contribution in [3.63, 3.8) is 0 Å². The van der Waals surface area contributed by atoms with E-state index in [0.29, 0.717) is 18.7 Å². The predicted octanol–water partition coefficient (Wildman–Crippen LogP) is 1.45. The van der Waals surface area contributed by atoms with Crippen LogP contribution in [0.3, 0.4) is 0 Å². The van der Waals surface area contributed by atoms with Crippen molar-refractivity contribution in [2.75, 3.05) is 24.7 Å². The molecule has 0 unspecified atom stereocenters. The molecule has 2 atom stereocenters. The van der Waals surface area contributed by atoms with Gasteiger partial charge in [0.25, 0.3) is 0 Å². The van der Waals surface area contributed by atoms with Crippen LogP contribution in [0.1, 0.15) is 24.8 Å². The maximum Gasteiger partial charge on any atom is 0.321 e. The normalized spacial score (nSPS) is 25.1. The number of hydrogen-bond donors (Lipinski definition) is 3. The fourth-order valence-electron chi connectivity index (χ4n) is 3.92. The first kappa shape index (κ1) is 18.7. The van der Waals surface area contributed by atoms with Gasteiger partial charge in [0.1, 0.15) is 0 Å². The molecule has 3 rings (SSSR count). The molecule has 0 aromatic heterocycles. The largest absolute Gasteiger partial charge is 0.481 e. The van der Waals surface area contributed by atoms with Crippen LogP contribution in [0.25, 0.3) is 0 Å². The fourth-order valence-corrected chi connectivity index (χ4v) is 4.35. The van der Waals surface area contributed by atoms with Crippen LogP contribution in [0.15, 0.2) is 24.3 Å². The van der Waals surface area contributed by atoms with E-state index in [1.807, 2.05) is 0 Å². The zero-order valence-electron chi connectivity index (χ0n) is 14.6. The number of carbonyl (C=O) groups excluding carboxylic acids is 1. The molecule has 2 fully saturated rings. The Hall–Kier alpha value is -2.13. The number of amides is 2. The first-order valence-electron chi connectivity index (χ1n) is 8.52. The van der Waals surface area contributed by atoms with Crippen molar-refractivity contribution in [3.05, 3.63) is 29.8 Å². The van der Waals surface area contributed by atoms with E-state index in [1.54, 1.807) is 29.2 Å². The number of nitrogens with zero attached hydrogens (tertiary/aromatic N) is 1. The van der Waals surface area contributed by atoms with Crippen LogP contribution in [0.4, 0.5) is 10.5 Å². The third-order valence-electron chi connectivity index (χ3n) is 5.33. The second kappa shape index (κ2) is 6.88. The van der Waals surface area contributed by atoms with E-state index in [0.717, 1.165) is 24.7 Å². The minimum absolute atomic E-state index is 0.0233. The van der Waals surface area contributed by atoms with E-state index in [4.69, 9.17) is 0 Å². The van der Waals surface area contributed by atoms with Gasteiger partial charge in [0.05, 0.1) is 11.7 Å². The number of anilines is 1. The smallest absolute Gasteiger partial charge is 0.321 e. The SMILES string of the molecule is CS(=O)(=O)NCc1ccc(NC(=O)N2C[C@@H]3CCC[C@@]3(C(=O)O)C2)cc1. The molecule has 1 saturated carbocycles. The van der Waals surface area contributed by atoms with E-state index >= 15 is 0 Å². The van der Waals surface area contributed by atoms with Gasteiger partial charge in [-0.2, -0.15) is 0 Å². The number of benzene rings is 1. The molecule has 142 valence electrons. The number of sulfonamides is 1. The molecule has 9 heteroatoms. The van der Waals surface area contributed by atoms with Gasteiger partial charge in [-0.25, -0.2) is 17.9 Å². The van der Waals surface area contributed by atoms with Crippen LogP contribution >= 0.6 is 0 Å². The quantitative estimate of drug-likeness (QED) is 0.714. The number of hydrogen-bond acceptors (Lipinski definition) is 4. The third-order valence-corrected chi connectivity index (χ3v) is 6.00. The second-order valence-corrected chi connectivity index (χ2v) is 8.98. The van der Waals surface area contributed by atoms with Crippen LogP contribution in [0.5, 0.6) is 0 Å². The number of urea groups is 1. The summed E-state index contributed by atoms with van der Waals surface area (Å²) in [5.41, 5.74) is 0.562. The first-order valence-corrected chi connectivity index (χ1v) is 10.4. The molecule has 0 bridgehead atoms. The Balaban J connectivity index is 1.60. The summed E-state index contributed by atoms with van der Waals surface area (Å²) in [5.74, 6) is -0.784. The average Bonchev–Trinajstić information content (AvgIpc) is 3.11. The Bertz CT molecular complexity index is 808. The molecule has 1 aliphatic carbocycles. The molecular formula is C17H23N3O5S. The van der Waals surface area contributed by atoms with Gasteiger partial charge in [-0.1, -0.05) is 18.6 Å². The molecule has 0 spiro atoms. The zero-order chi connectivity index (χ0) is 18.9. The summed E-state index contributed by atoms with van der Waals surface area (Å²) in [6.45, 7) is 0.895. The summed E-state index contributed by atoms with van der Waals surface area (Å²) >= 11 is 0. The van der Waals surface area contributed by atoms with Gasteiger partial charge in [-0.15, -0.1) is 0 Å². The van der Waals surface area contributed by atoms with Crippen LogP contribution in [0, 0.1) is 11.3 Å². The molecule has 0 radical (unpaired) electrons. The number of carboxylic acid groups (broad SMARTS) is 1. The van der Waals surface area contributed by atoms with Crippen LogP contribution < -0.4 is 10.0 Å². The third kappa shape index (κ3) is 3.83. The van der Waals surface area contributed by atoms with Gasteiger partial charge in [-0.05, 0) is 36.5 Å². The summed E-state index contributed by atoms with van der Waals surface area (Å²) in [6.07, 6.45) is 3.46. The summed E-state index contributed by atoms with van der Waals surface area (Å²) < 4.78 is 24.6. The Morgan fingerprint density at radius 1 is 1.31 bits per heavy atom. The predicted molar refractivity (Wildman–Crippen MR) is 96.1 cm³/mol. The van der Waals surface area contributed by atoms with Crippen LogP contribution in [0.2, 0.25) is 0 Å². The average molecular weight is 381 g/mol. The molecule has 1 aromatic carbocycles. The fraction of sp³-hybridized carbons (Fsp3) is 0.529. The number of rotatable bonds is 5. The molecule has 1 aliphatic heterocycles. The Kier molecular flexibility index (Phi) is 4.94. The highest BCUT2D eigenvalue weighted by Gasteiger charge is 2.55. The van der Waals surface area contributed by atoms with Gasteiger partial charge in [0, 0.05) is 25.3 Å². The standard InChI is InChI=1S/C17H23N3O5S/c1-26(24,25)18-9-12-4-6-14(7-5-12)19-16(23)20-10-13-3-2-8-17(13,11-20)15(21)22/h4-7,13,18H,2-3,8-11H2,1H3,(H,19,23)(H,21,22)/t13-,17+/m0/s1. The number of fused-ring (bicyclic) bond motifs is 1. The number of likely N-dealkylation sites (tertiary alicyclic amines) is 1. The van der Waals surface area contributed by atoms with Crippen molar-refractivity contribution in [2.45, 2.75) is 25.8 Å². The molecule has 3 N–H and O–H groups in total. The summed E-state index contributed by atoms with van der Waals surface area (Å²) in [5, 5.41) is 12.4. The van der Waals surface area contributed by atoms with Crippen molar-refractivity contribution < 1.29 is 23.1 Å². The molecular weight excluding hydrogens is 358 g/mol. The lowest BCUT2D eigenvalue weighted by Gasteiger charge is -2.23. The number of aliphatic carboxylic acids is 1. The Labute approximate surface area is 152 Å². The second-order valence-electron chi connectivity index (χ2n) is 7.15. The highest BCUT2D eigenvalue weighted by Crippen LogP contribution is 2.48. The van der Waals surface area contributed by atoms with Gasteiger partial charge in [0.15, 0.2) is 0 Å². The van der Waals surface area contributed by atoms with Crippen molar-refractivity contribution in [2.24, 2.45) is 11.3 Å². The molecule has 1 saturated heterocycles. The summed E-state index contributed by atoms with van der Waals surface area (Å²) in [6, 6.07) is 6.54. The zero-order valence-corrected chi connectivity index (χ0v) is 15.4. The molecule has 8 nitrogen and oxygen atoms in total. The minimum atomic E-state index is -3.26. The van der Waals surface area contributed by atoms with E-state index in [2.05, 4.69) is 10.0 Å².